The van der Waals surface area contributed by atoms with Crippen molar-refractivity contribution in [1.29, 1.82) is 0 Å². The van der Waals surface area contributed by atoms with Crippen LogP contribution in [0.3, 0.4) is 0 Å². The molecule has 100 valence electrons. The summed E-state index contributed by atoms with van der Waals surface area (Å²) < 4.78 is 5.63. The van der Waals surface area contributed by atoms with Gasteiger partial charge in [-0.25, -0.2) is 0 Å². The Hall–Kier alpha value is -1.94. The van der Waals surface area contributed by atoms with Crippen molar-refractivity contribution in [2.45, 2.75) is 32.9 Å². The van der Waals surface area contributed by atoms with Gasteiger partial charge in [-0.15, -0.1) is 0 Å². The lowest BCUT2D eigenvalue weighted by Gasteiger charge is -2.14. The first kappa shape index (κ1) is 13.5. The molecule has 0 saturated heterocycles. The van der Waals surface area contributed by atoms with Crippen LogP contribution in [0.4, 0.5) is 0 Å². The van der Waals surface area contributed by atoms with E-state index in [1.54, 1.807) is 18.6 Å². The molecular weight excluding hydrogens is 238 g/mol. The Morgan fingerprint density at radius 3 is 2.68 bits per heavy atom. The van der Waals surface area contributed by atoms with Gasteiger partial charge < -0.3 is 10.5 Å². The second-order valence-corrected chi connectivity index (χ2v) is 4.86. The van der Waals surface area contributed by atoms with Gasteiger partial charge in [0.1, 0.15) is 5.75 Å². The molecule has 2 aromatic rings. The van der Waals surface area contributed by atoms with Gasteiger partial charge in [0.2, 0.25) is 0 Å². The third-order valence-electron chi connectivity index (χ3n) is 2.72. The molecule has 0 spiro atoms. The summed E-state index contributed by atoms with van der Waals surface area (Å²) in [4.78, 5) is 8.49. The maximum absolute atomic E-state index is 6.23. The maximum atomic E-state index is 6.23. The van der Waals surface area contributed by atoms with E-state index in [1.165, 1.54) is 0 Å². The third kappa shape index (κ3) is 3.51. The molecule has 0 aliphatic carbocycles. The van der Waals surface area contributed by atoms with E-state index in [0.29, 0.717) is 0 Å². The standard InChI is InChI=1S/C15H19N3O/c1-10(2)19-13-7-12(8-17-9-13)15(16)14-6-11(3)4-5-18-14/h4-10,15H,16H2,1-3H3. The average molecular weight is 257 g/mol. The highest BCUT2D eigenvalue weighted by Crippen LogP contribution is 2.21. The summed E-state index contributed by atoms with van der Waals surface area (Å²) in [5.74, 6) is 0.732. The zero-order valence-electron chi connectivity index (χ0n) is 11.5. The molecule has 2 rings (SSSR count). The molecule has 0 fully saturated rings. The Morgan fingerprint density at radius 2 is 2.00 bits per heavy atom. The number of aryl methyl sites for hydroxylation is 1. The van der Waals surface area contributed by atoms with Crippen molar-refractivity contribution in [3.63, 3.8) is 0 Å². The normalized spacial score (nSPS) is 12.5. The monoisotopic (exact) mass is 257 g/mol. The molecule has 2 N–H and O–H groups in total. The minimum Gasteiger partial charge on any atom is -0.489 e. The Morgan fingerprint density at radius 1 is 1.21 bits per heavy atom. The molecule has 0 aromatic carbocycles. The summed E-state index contributed by atoms with van der Waals surface area (Å²) in [7, 11) is 0. The van der Waals surface area contributed by atoms with Crippen LogP contribution >= 0.6 is 0 Å². The van der Waals surface area contributed by atoms with Crippen molar-refractivity contribution >= 4 is 0 Å². The highest BCUT2D eigenvalue weighted by molar-refractivity contribution is 5.32. The molecule has 0 bridgehead atoms. The Bertz CT molecular complexity index is 555. The molecule has 19 heavy (non-hydrogen) atoms. The summed E-state index contributed by atoms with van der Waals surface area (Å²) in [5.41, 5.74) is 9.10. The van der Waals surface area contributed by atoms with Crippen LogP contribution in [0.2, 0.25) is 0 Å². The number of aromatic nitrogens is 2. The van der Waals surface area contributed by atoms with Crippen molar-refractivity contribution in [2.24, 2.45) is 5.73 Å². The number of ether oxygens (including phenoxy) is 1. The fraction of sp³-hybridized carbons (Fsp3) is 0.333. The summed E-state index contributed by atoms with van der Waals surface area (Å²) in [6.45, 7) is 5.98. The van der Waals surface area contributed by atoms with Gasteiger partial charge in [0, 0.05) is 12.4 Å². The minimum absolute atomic E-state index is 0.116. The molecule has 0 amide bonds. The van der Waals surface area contributed by atoms with Crippen molar-refractivity contribution in [3.8, 4) is 5.75 Å². The van der Waals surface area contributed by atoms with Gasteiger partial charge in [0.05, 0.1) is 24.0 Å². The molecule has 1 atom stereocenters. The molecule has 0 radical (unpaired) electrons. The van der Waals surface area contributed by atoms with Crippen LogP contribution in [0.15, 0.2) is 36.8 Å². The van der Waals surface area contributed by atoms with E-state index in [9.17, 15) is 0 Å². The van der Waals surface area contributed by atoms with Crippen molar-refractivity contribution in [3.05, 3.63) is 53.6 Å². The molecule has 0 saturated carbocycles. The maximum Gasteiger partial charge on any atom is 0.138 e. The highest BCUT2D eigenvalue weighted by atomic mass is 16.5. The molecule has 0 aliphatic heterocycles. The first-order valence-electron chi connectivity index (χ1n) is 6.36. The number of nitrogens with zero attached hydrogens (tertiary/aromatic N) is 2. The second-order valence-electron chi connectivity index (χ2n) is 4.86. The molecule has 4 nitrogen and oxygen atoms in total. The van der Waals surface area contributed by atoms with Crippen LogP contribution in [-0.2, 0) is 0 Å². The molecule has 4 heteroatoms. The van der Waals surface area contributed by atoms with E-state index in [0.717, 1.165) is 22.6 Å². The third-order valence-corrected chi connectivity index (χ3v) is 2.72. The second kappa shape index (κ2) is 5.80. The van der Waals surface area contributed by atoms with Gasteiger partial charge >= 0.3 is 0 Å². The number of hydrogen-bond acceptors (Lipinski definition) is 4. The predicted molar refractivity (Wildman–Crippen MR) is 75.0 cm³/mol. The van der Waals surface area contributed by atoms with Gasteiger partial charge in [-0.2, -0.15) is 0 Å². The fourth-order valence-electron chi connectivity index (χ4n) is 1.84. The van der Waals surface area contributed by atoms with E-state index >= 15 is 0 Å². The first-order valence-corrected chi connectivity index (χ1v) is 6.36. The molecular formula is C15H19N3O. The molecule has 2 aromatic heterocycles. The lowest BCUT2D eigenvalue weighted by Crippen LogP contribution is -2.14. The van der Waals surface area contributed by atoms with Crippen molar-refractivity contribution < 1.29 is 4.74 Å². The first-order chi connectivity index (χ1) is 9.06. The lowest BCUT2D eigenvalue weighted by molar-refractivity contribution is 0.241. The van der Waals surface area contributed by atoms with Crippen LogP contribution in [0.5, 0.6) is 5.75 Å². The van der Waals surface area contributed by atoms with Gasteiger partial charge in [-0.1, -0.05) is 0 Å². The number of rotatable bonds is 4. The largest absolute Gasteiger partial charge is 0.489 e. The highest BCUT2D eigenvalue weighted by Gasteiger charge is 2.12. The van der Waals surface area contributed by atoms with E-state index in [-0.39, 0.29) is 12.1 Å². The van der Waals surface area contributed by atoms with Gasteiger partial charge in [-0.3, -0.25) is 9.97 Å². The minimum atomic E-state index is -0.289. The summed E-state index contributed by atoms with van der Waals surface area (Å²) in [6, 6.07) is 5.57. The number of hydrogen-bond donors (Lipinski definition) is 1. The molecule has 2 heterocycles. The van der Waals surface area contributed by atoms with E-state index in [4.69, 9.17) is 10.5 Å². The predicted octanol–water partition coefficient (Wildman–Crippen LogP) is 2.62. The van der Waals surface area contributed by atoms with Crippen LogP contribution in [-0.4, -0.2) is 16.1 Å². The fourth-order valence-corrected chi connectivity index (χ4v) is 1.84. The Kier molecular flexibility index (Phi) is 4.12. The van der Waals surface area contributed by atoms with E-state index < -0.39 is 0 Å². The van der Waals surface area contributed by atoms with Gasteiger partial charge in [0.25, 0.3) is 0 Å². The average Bonchev–Trinajstić information content (AvgIpc) is 2.37. The summed E-state index contributed by atoms with van der Waals surface area (Å²) in [6.07, 6.45) is 5.33. The smallest absolute Gasteiger partial charge is 0.138 e. The van der Waals surface area contributed by atoms with Crippen molar-refractivity contribution in [2.75, 3.05) is 0 Å². The summed E-state index contributed by atoms with van der Waals surface area (Å²) in [5, 5.41) is 0. The zero-order valence-corrected chi connectivity index (χ0v) is 11.5. The molecule has 1 unspecified atom stereocenters. The van der Waals surface area contributed by atoms with Gasteiger partial charge in [-0.05, 0) is 50.1 Å². The SMILES string of the molecule is Cc1ccnc(C(N)c2cncc(OC(C)C)c2)c1. The number of nitrogens with two attached hydrogens (primary N) is 1. The Labute approximate surface area is 113 Å². The van der Waals surface area contributed by atoms with E-state index in [1.807, 2.05) is 39.0 Å². The summed E-state index contributed by atoms with van der Waals surface area (Å²) >= 11 is 0. The van der Waals surface area contributed by atoms with Crippen LogP contribution < -0.4 is 10.5 Å². The van der Waals surface area contributed by atoms with Crippen LogP contribution in [0, 0.1) is 6.92 Å². The lowest BCUT2D eigenvalue weighted by atomic mass is 10.0. The van der Waals surface area contributed by atoms with E-state index in [2.05, 4.69) is 9.97 Å². The van der Waals surface area contributed by atoms with Crippen molar-refractivity contribution in [1.82, 2.24) is 9.97 Å². The van der Waals surface area contributed by atoms with Crippen LogP contribution in [0.1, 0.15) is 36.7 Å². The van der Waals surface area contributed by atoms with Gasteiger partial charge in [0.15, 0.2) is 0 Å². The quantitative estimate of drug-likeness (QED) is 0.914. The topological polar surface area (TPSA) is 61.0 Å². The number of pyridine rings is 2. The van der Waals surface area contributed by atoms with Crippen LogP contribution in [0.25, 0.3) is 0 Å². The zero-order chi connectivity index (χ0) is 13.8. The molecule has 0 aliphatic rings. The Balaban J connectivity index is 2.26.